The number of unbranched alkanes of at least 4 members (excludes halogenated alkanes) is 1. The first-order chi connectivity index (χ1) is 13.0. The first-order valence-corrected chi connectivity index (χ1v) is 9.86. The Morgan fingerprint density at radius 1 is 0.929 bits per heavy atom. The van der Waals surface area contributed by atoms with Gasteiger partial charge in [-0.2, -0.15) is 0 Å². The molecule has 0 aromatic rings. The minimum atomic E-state index is -2.70. The van der Waals surface area contributed by atoms with Crippen molar-refractivity contribution in [3.8, 4) is 0 Å². The molecule has 28 heavy (non-hydrogen) atoms. The summed E-state index contributed by atoms with van der Waals surface area (Å²) in [6.07, 6.45) is 2.40. The molecule has 8 nitrogen and oxygen atoms in total. The highest BCUT2D eigenvalue weighted by Gasteiger charge is 2.44. The first kappa shape index (κ1) is 26.0. The predicted octanol–water partition coefficient (Wildman–Crippen LogP) is 2.99. The maximum absolute atomic E-state index is 12.5. The van der Waals surface area contributed by atoms with E-state index >= 15 is 0 Å². The van der Waals surface area contributed by atoms with Crippen LogP contribution in [-0.2, 0) is 28.7 Å². The maximum atomic E-state index is 12.5. The van der Waals surface area contributed by atoms with E-state index in [9.17, 15) is 29.4 Å². The summed E-state index contributed by atoms with van der Waals surface area (Å²) in [6.45, 7) is 9.06. The molecule has 0 aliphatic heterocycles. The third-order valence-electron chi connectivity index (χ3n) is 5.42. The zero-order valence-corrected chi connectivity index (χ0v) is 17.6. The van der Waals surface area contributed by atoms with Crippen LogP contribution in [0.25, 0.3) is 0 Å². The van der Waals surface area contributed by atoms with E-state index in [4.69, 9.17) is 4.74 Å². The second-order valence-corrected chi connectivity index (χ2v) is 7.20. The van der Waals surface area contributed by atoms with Crippen molar-refractivity contribution in [2.45, 2.75) is 97.7 Å². The SMILES string of the molecule is CCCCC(OC(=O)CC(O)(CC(=O)OC(C)=O)C(=O)O)C(CC)(CC)CC. The van der Waals surface area contributed by atoms with Crippen molar-refractivity contribution in [1.29, 1.82) is 0 Å². The number of rotatable bonds is 13. The second-order valence-electron chi connectivity index (χ2n) is 7.20. The van der Waals surface area contributed by atoms with E-state index < -0.39 is 48.4 Å². The molecule has 2 atom stereocenters. The zero-order valence-electron chi connectivity index (χ0n) is 17.6. The van der Waals surface area contributed by atoms with Crippen LogP contribution in [0.1, 0.15) is 86.0 Å². The number of carboxylic acids is 1. The van der Waals surface area contributed by atoms with Gasteiger partial charge in [0.15, 0.2) is 5.60 Å². The lowest BCUT2D eigenvalue weighted by atomic mass is 9.73. The van der Waals surface area contributed by atoms with Gasteiger partial charge in [0.2, 0.25) is 0 Å². The standard InChI is InChI=1S/C20H34O8/c1-6-10-11-15(19(7-2,8-3)9-4)28-17(23)13-20(26,18(24)25)12-16(22)27-14(5)21/h15,26H,6-13H2,1-5H3,(H,24,25). The number of aliphatic hydroxyl groups is 1. The van der Waals surface area contributed by atoms with Gasteiger partial charge >= 0.3 is 23.9 Å². The van der Waals surface area contributed by atoms with Crippen molar-refractivity contribution in [2.24, 2.45) is 5.41 Å². The van der Waals surface area contributed by atoms with Gasteiger partial charge in [0, 0.05) is 12.3 Å². The fourth-order valence-corrected chi connectivity index (χ4v) is 3.40. The normalized spacial score (nSPS) is 14.6. The van der Waals surface area contributed by atoms with E-state index in [0.29, 0.717) is 6.42 Å². The summed E-state index contributed by atoms with van der Waals surface area (Å²) in [7, 11) is 0. The van der Waals surface area contributed by atoms with Crippen molar-refractivity contribution >= 4 is 23.9 Å². The van der Waals surface area contributed by atoms with Crippen LogP contribution in [0.5, 0.6) is 0 Å². The van der Waals surface area contributed by atoms with Crippen molar-refractivity contribution in [3.05, 3.63) is 0 Å². The molecule has 0 aromatic carbocycles. The summed E-state index contributed by atoms with van der Waals surface area (Å²) in [5.74, 6) is -4.82. The summed E-state index contributed by atoms with van der Waals surface area (Å²) < 4.78 is 9.88. The summed E-state index contributed by atoms with van der Waals surface area (Å²) in [4.78, 5) is 46.3. The molecule has 0 bridgehead atoms. The fraction of sp³-hybridized carbons (Fsp3) is 0.800. The quantitative estimate of drug-likeness (QED) is 0.355. The number of carbonyl (C=O) groups is 4. The highest BCUT2D eigenvalue weighted by atomic mass is 16.6. The van der Waals surface area contributed by atoms with Crippen molar-refractivity contribution in [1.82, 2.24) is 0 Å². The van der Waals surface area contributed by atoms with Crippen LogP contribution in [0.2, 0.25) is 0 Å². The lowest BCUT2D eigenvalue weighted by molar-refractivity contribution is -0.179. The van der Waals surface area contributed by atoms with E-state index in [0.717, 1.165) is 39.0 Å². The lowest BCUT2D eigenvalue weighted by Crippen LogP contribution is -2.45. The Balaban J connectivity index is 5.39. The van der Waals surface area contributed by atoms with E-state index in [1.807, 2.05) is 27.7 Å². The predicted molar refractivity (Wildman–Crippen MR) is 101 cm³/mol. The van der Waals surface area contributed by atoms with Crippen LogP contribution in [0.4, 0.5) is 0 Å². The third-order valence-corrected chi connectivity index (χ3v) is 5.42. The van der Waals surface area contributed by atoms with Gasteiger partial charge in [-0.15, -0.1) is 0 Å². The molecule has 8 heteroatoms. The number of aliphatic carboxylic acids is 1. The van der Waals surface area contributed by atoms with Crippen molar-refractivity contribution in [3.63, 3.8) is 0 Å². The molecule has 0 heterocycles. The number of carbonyl (C=O) groups excluding carboxylic acids is 3. The van der Waals surface area contributed by atoms with Crippen LogP contribution < -0.4 is 0 Å². The minimum absolute atomic E-state index is 0.236. The fourth-order valence-electron chi connectivity index (χ4n) is 3.40. The molecule has 0 amide bonds. The number of hydrogen-bond acceptors (Lipinski definition) is 7. The number of ether oxygens (including phenoxy) is 2. The van der Waals surface area contributed by atoms with Crippen LogP contribution in [0.3, 0.4) is 0 Å². The molecular weight excluding hydrogens is 368 g/mol. The monoisotopic (exact) mass is 402 g/mol. The van der Waals surface area contributed by atoms with Gasteiger partial charge in [0.05, 0.1) is 12.8 Å². The number of carboxylic acid groups (broad SMARTS) is 1. The Hall–Kier alpha value is -1.96. The summed E-state index contributed by atoms with van der Waals surface area (Å²) in [5.41, 5.74) is -2.94. The Bertz CT molecular complexity index is 544. The van der Waals surface area contributed by atoms with Gasteiger partial charge in [0.1, 0.15) is 6.10 Å². The van der Waals surface area contributed by atoms with Crippen molar-refractivity contribution in [2.75, 3.05) is 0 Å². The van der Waals surface area contributed by atoms with Gasteiger partial charge in [-0.25, -0.2) is 4.79 Å². The van der Waals surface area contributed by atoms with E-state index in [-0.39, 0.29) is 5.41 Å². The van der Waals surface area contributed by atoms with Crippen molar-refractivity contribution < 1.29 is 38.9 Å². The average Bonchev–Trinajstić information content (AvgIpc) is 2.60. The Morgan fingerprint density at radius 2 is 1.43 bits per heavy atom. The Labute approximate surface area is 166 Å². The smallest absolute Gasteiger partial charge is 0.336 e. The van der Waals surface area contributed by atoms with Gasteiger partial charge in [-0.3, -0.25) is 14.4 Å². The molecule has 0 aliphatic rings. The summed E-state index contributed by atoms with van der Waals surface area (Å²) in [5, 5.41) is 19.6. The van der Waals surface area contributed by atoms with E-state index in [1.54, 1.807) is 0 Å². The molecule has 2 N–H and O–H groups in total. The van der Waals surface area contributed by atoms with Gasteiger partial charge in [0.25, 0.3) is 0 Å². The highest BCUT2D eigenvalue weighted by Crippen LogP contribution is 2.39. The van der Waals surface area contributed by atoms with Crippen LogP contribution in [-0.4, -0.2) is 45.8 Å². The van der Waals surface area contributed by atoms with Crippen LogP contribution in [0.15, 0.2) is 0 Å². The lowest BCUT2D eigenvalue weighted by Gasteiger charge is -2.39. The minimum Gasteiger partial charge on any atom is -0.479 e. The summed E-state index contributed by atoms with van der Waals surface area (Å²) >= 11 is 0. The second kappa shape index (κ2) is 11.8. The first-order valence-electron chi connectivity index (χ1n) is 9.86. The zero-order chi connectivity index (χ0) is 22.0. The molecule has 0 rings (SSSR count). The Kier molecular flexibility index (Phi) is 11.0. The van der Waals surface area contributed by atoms with Gasteiger partial charge < -0.3 is 19.7 Å². The molecule has 162 valence electrons. The maximum Gasteiger partial charge on any atom is 0.336 e. The highest BCUT2D eigenvalue weighted by molar-refractivity contribution is 5.92. The molecule has 0 saturated heterocycles. The van der Waals surface area contributed by atoms with E-state index in [1.165, 1.54) is 0 Å². The molecule has 0 saturated carbocycles. The van der Waals surface area contributed by atoms with Gasteiger partial charge in [-0.05, 0) is 25.7 Å². The van der Waals surface area contributed by atoms with Crippen LogP contribution >= 0.6 is 0 Å². The molecule has 0 fully saturated rings. The summed E-state index contributed by atoms with van der Waals surface area (Å²) in [6, 6.07) is 0. The molecule has 0 spiro atoms. The molecule has 0 aromatic heterocycles. The van der Waals surface area contributed by atoms with Gasteiger partial charge in [-0.1, -0.05) is 40.5 Å². The largest absolute Gasteiger partial charge is 0.479 e. The molecule has 0 aliphatic carbocycles. The average molecular weight is 402 g/mol. The molecule has 2 unspecified atom stereocenters. The van der Waals surface area contributed by atoms with Crippen LogP contribution in [0, 0.1) is 5.41 Å². The molecular formula is C20H34O8. The Morgan fingerprint density at radius 3 is 1.82 bits per heavy atom. The molecule has 0 radical (unpaired) electrons. The topological polar surface area (TPSA) is 127 Å². The number of hydrogen-bond donors (Lipinski definition) is 2. The third kappa shape index (κ3) is 7.58. The number of esters is 3. The van der Waals surface area contributed by atoms with E-state index in [2.05, 4.69) is 4.74 Å².